The van der Waals surface area contributed by atoms with E-state index in [0.717, 1.165) is 32.9 Å². The zero-order valence-corrected chi connectivity index (χ0v) is 13.1. The van der Waals surface area contributed by atoms with E-state index in [2.05, 4.69) is 33.9 Å². The summed E-state index contributed by atoms with van der Waals surface area (Å²) in [4.78, 5) is 4.68. The molecule has 4 nitrogen and oxygen atoms in total. The number of hydrogen-bond acceptors (Lipinski definition) is 3. The van der Waals surface area contributed by atoms with Crippen LogP contribution in [-0.4, -0.2) is 22.6 Å². The molecule has 1 aromatic carbocycles. The Morgan fingerprint density at radius 1 is 1.10 bits per heavy atom. The lowest BCUT2D eigenvalue weighted by atomic mass is 10.1. The van der Waals surface area contributed by atoms with Crippen molar-refractivity contribution < 1.29 is 9.47 Å². The van der Waals surface area contributed by atoms with Crippen LogP contribution in [0.1, 0.15) is 5.56 Å². The van der Waals surface area contributed by atoms with Gasteiger partial charge in [0.25, 0.3) is 0 Å². The summed E-state index contributed by atoms with van der Waals surface area (Å²) in [5.74, 6) is 1.58. The van der Waals surface area contributed by atoms with Crippen molar-refractivity contribution in [3.63, 3.8) is 0 Å². The molecule has 2 aromatic heterocycles. The van der Waals surface area contributed by atoms with Crippen molar-refractivity contribution in [3.8, 4) is 22.8 Å². The molecular formula is C16H13BrN2O2. The quantitative estimate of drug-likeness (QED) is 0.672. The number of fused-ring (bicyclic) bond motifs is 2. The van der Waals surface area contributed by atoms with Crippen molar-refractivity contribution in [2.75, 3.05) is 13.2 Å². The largest absolute Gasteiger partial charge is 0.486 e. The summed E-state index contributed by atoms with van der Waals surface area (Å²) in [5.41, 5.74) is 4.05. The monoisotopic (exact) mass is 344 g/mol. The van der Waals surface area contributed by atoms with Gasteiger partial charge in [-0.2, -0.15) is 0 Å². The van der Waals surface area contributed by atoms with Crippen molar-refractivity contribution in [2.24, 2.45) is 0 Å². The second-order valence-electron chi connectivity index (χ2n) is 5.05. The van der Waals surface area contributed by atoms with E-state index in [1.165, 1.54) is 5.56 Å². The van der Waals surface area contributed by atoms with Gasteiger partial charge < -0.3 is 13.9 Å². The molecule has 106 valence electrons. The molecule has 1 aliphatic heterocycles. The molecule has 3 aromatic rings. The second-order valence-corrected chi connectivity index (χ2v) is 5.91. The van der Waals surface area contributed by atoms with Gasteiger partial charge in [-0.15, -0.1) is 0 Å². The number of halogens is 1. The van der Waals surface area contributed by atoms with Crippen molar-refractivity contribution in [1.82, 2.24) is 9.38 Å². The smallest absolute Gasteiger partial charge is 0.162 e. The summed E-state index contributed by atoms with van der Waals surface area (Å²) < 4.78 is 14.3. The Morgan fingerprint density at radius 3 is 2.76 bits per heavy atom. The van der Waals surface area contributed by atoms with Crippen molar-refractivity contribution in [3.05, 3.63) is 46.7 Å². The molecule has 21 heavy (non-hydrogen) atoms. The highest BCUT2D eigenvalue weighted by Gasteiger charge is 2.14. The summed E-state index contributed by atoms with van der Waals surface area (Å²) in [7, 11) is 0. The van der Waals surface area contributed by atoms with Crippen LogP contribution in [0.15, 0.2) is 41.1 Å². The van der Waals surface area contributed by atoms with Gasteiger partial charge in [-0.05, 0) is 52.7 Å². The Bertz CT molecular complexity index is 803. The van der Waals surface area contributed by atoms with Gasteiger partial charge in [0.05, 0.1) is 5.69 Å². The first-order valence-electron chi connectivity index (χ1n) is 6.75. The average Bonchev–Trinajstić information content (AvgIpc) is 2.90. The highest BCUT2D eigenvalue weighted by Crippen LogP contribution is 2.34. The van der Waals surface area contributed by atoms with Gasteiger partial charge >= 0.3 is 0 Å². The minimum atomic E-state index is 0.591. The lowest BCUT2D eigenvalue weighted by molar-refractivity contribution is 0.171. The van der Waals surface area contributed by atoms with E-state index in [-0.39, 0.29) is 0 Å². The summed E-state index contributed by atoms with van der Waals surface area (Å²) in [6.07, 6.45) is 4.05. The van der Waals surface area contributed by atoms with Crippen LogP contribution in [0, 0.1) is 6.92 Å². The topological polar surface area (TPSA) is 35.8 Å². The molecule has 5 heteroatoms. The Labute approximate surface area is 130 Å². The van der Waals surface area contributed by atoms with E-state index in [9.17, 15) is 0 Å². The number of ether oxygens (including phenoxy) is 2. The predicted octanol–water partition coefficient (Wildman–Crippen LogP) is 3.84. The molecule has 0 bridgehead atoms. The average molecular weight is 345 g/mol. The van der Waals surface area contributed by atoms with Gasteiger partial charge in [0.15, 0.2) is 11.5 Å². The van der Waals surface area contributed by atoms with Gasteiger partial charge in [-0.1, -0.05) is 0 Å². The number of hydrogen-bond donors (Lipinski definition) is 0. The Hall–Kier alpha value is -2.01. The number of pyridine rings is 1. The number of benzene rings is 1. The first-order chi connectivity index (χ1) is 10.2. The third kappa shape index (κ3) is 2.17. The molecule has 0 fully saturated rings. The van der Waals surface area contributed by atoms with Gasteiger partial charge in [0, 0.05) is 22.4 Å². The van der Waals surface area contributed by atoms with Crippen LogP contribution in [0.3, 0.4) is 0 Å². The van der Waals surface area contributed by atoms with Crippen LogP contribution >= 0.6 is 15.9 Å². The van der Waals surface area contributed by atoms with Crippen LogP contribution in [0.4, 0.5) is 0 Å². The standard InChI is InChI=1S/C16H13BrN2O2/c1-10-6-16-18-13(9-19(16)8-12(10)17)11-2-3-14-15(7-11)21-5-4-20-14/h2-3,6-9H,4-5H2,1H3. The molecule has 0 aliphatic carbocycles. The van der Waals surface area contributed by atoms with E-state index in [4.69, 9.17) is 9.47 Å². The summed E-state index contributed by atoms with van der Waals surface area (Å²) in [6.45, 7) is 3.25. The summed E-state index contributed by atoms with van der Waals surface area (Å²) in [5, 5.41) is 0. The molecule has 0 atom stereocenters. The number of nitrogens with zero attached hydrogens (tertiary/aromatic N) is 2. The van der Waals surface area contributed by atoms with Gasteiger partial charge in [-0.25, -0.2) is 4.98 Å². The molecule has 0 N–H and O–H groups in total. The van der Waals surface area contributed by atoms with E-state index in [1.54, 1.807) is 0 Å². The summed E-state index contributed by atoms with van der Waals surface area (Å²) >= 11 is 3.55. The van der Waals surface area contributed by atoms with Crippen LogP contribution in [0.5, 0.6) is 11.5 Å². The highest BCUT2D eigenvalue weighted by atomic mass is 79.9. The van der Waals surface area contributed by atoms with E-state index < -0.39 is 0 Å². The first kappa shape index (κ1) is 12.7. The Kier molecular flexibility index (Phi) is 2.89. The number of aromatic nitrogens is 2. The molecule has 4 rings (SSSR count). The van der Waals surface area contributed by atoms with Crippen molar-refractivity contribution in [1.29, 1.82) is 0 Å². The number of rotatable bonds is 1. The molecule has 1 aliphatic rings. The zero-order valence-electron chi connectivity index (χ0n) is 11.5. The fraction of sp³-hybridized carbons (Fsp3) is 0.188. The van der Waals surface area contributed by atoms with E-state index in [0.29, 0.717) is 13.2 Å². The van der Waals surface area contributed by atoms with Crippen LogP contribution < -0.4 is 9.47 Å². The van der Waals surface area contributed by atoms with Crippen LogP contribution in [-0.2, 0) is 0 Å². The van der Waals surface area contributed by atoms with Crippen LogP contribution in [0.2, 0.25) is 0 Å². The highest BCUT2D eigenvalue weighted by molar-refractivity contribution is 9.10. The lowest BCUT2D eigenvalue weighted by Crippen LogP contribution is -2.15. The SMILES string of the molecule is Cc1cc2nc(-c3ccc4c(c3)OCCO4)cn2cc1Br. The summed E-state index contributed by atoms with van der Waals surface area (Å²) in [6, 6.07) is 8.00. The molecule has 0 saturated heterocycles. The maximum Gasteiger partial charge on any atom is 0.162 e. The third-order valence-corrected chi connectivity index (χ3v) is 4.40. The normalized spacial score (nSPS) is 13.6. The minimum absolute atomic E-state index is 0.591. The maximum absolute atomic E-state index is 5.63. The predicted molar refractivity (Wildman–Crippen MR) is 84.1 cm³/mol. The van der Waals surface area contributed by atoms with E-state index in [1.807, 2.05) is 35.0 Å². The molecule has 0 amide bonds. The van der Waals surface area contributed by atoms with E-state index >= 15 is 0 Å². The molecule has 0 spiro atoms. The second kappa shape index (κ2) is 4.77. The Morgan fingerprint density at radius 2 is 1.90 bits per heavy atom. The zero-order chi connectivity index (χ0) is 14.4. The van der Waals surface area contributed by atoms with Crippen molar-refractivity contribution in [2.45, 2.75) is 6.92 Å². The molecule has 0 unspecified atom stereocenters. The van der Waals surface area contributed by atoms with Gasteiger partial charge in [-0.3, -0.25) is 0 Å². The van der Waals surface area contributed by atoms with Crippen LogP contribution in [0.25, 0.3) is 16.9 Å². The number of imidazole rings is 1. The minimum Gasteiger partial charge on any atom is -0.486 e. The fourth-order valence-electron chi connectivity index (χ4n) is 2.45. The molecule has 0 radical (unpaired) electrons. The van der Waals surface area contributed by atoms with Gasteiger partial charge in [0.2, 0.25) is 0 Å². The third-order valence-electron chi connectivity index (χ3n) is 3.57. The molecule has 3 heterocycles. The molecule has 0 saturated carbocycles. The molecular weight excluding hydrogens is 332 g/mol. The van der Waals surface area contributed by atoms with Crippen molar-refractivity contribution >= 4 is 21.6 Å². The Balaban J connectivity index is 1.82. The fourth-order valence-corrected chi connectivity index (χ4v) is 2.78. The lowest BCUT2D eigenvalue weighted by Gasteiger charge is -2.18. The first-order valence-corrected chi connectivity index (χ1v) is 7.55. The van der Waals surface area contributed by atoms with Gasteiger partial charge in [0.1, 0.15) is 18.9 Å². The maximum atomic E-state index is 5.63. The number of aryl methyl sites for hydroxylation is 1.